The molecule has 1 aliphatic carbocycles. The van der Waals surface area contributed by atoms with Crippen LogP contribution in [0.4, 0.5) is 94.2 Å². The summed E-state index contributed by atoms with van der Waals surface area (Å²) in [5, 5.41) is 7.08. The Labute approximate surface area is 791 Å². The fraction of sp³-hybridized carbons (Fsp3) is 0.109. The maximum absolute atomic E-state index is 12.6. The molecule has 4 heterocycles. The normalized spacial score (nSPS) is 12.5. The van der Waals surface area contributed by atoms with Crippen molar-refractivity contribution in [1.29, 1.82) is 0 Å². The average Bonchev–Trinajstić information content (AvgIpc) is 0.892. The zero-order chi connectivity index (χ0) is 102. The van der Waals surface area contributed by atoms with Gasteiger partial charge in [-0.1, -0.05) is 139 Å². The van der Waals surface area contributed by atoms with Crippen molar-refractivity contribution in [2.24, 2.45) is 5.92 Å². The second kappa shape index (κ2) is 50.2. The van der Waals surface area contributed by atoms with Gasteiger partial charge >= 0.3 is 0 Å². The van der Waals surface area contributed by atoms with Crippen LogP contribution in [0, 0.1) is 175 Å². The predicted octanol–water partition coefficient (Wildman–Crippen LogP) is 33.9. The lowest BCUT2D eigenvalue weighted by molar-refractivity contribution is -0.384. The minimum absolute atomic E-state index is 0.0593. The summed E-state index contributed by atoms with van der Waals surface area (Å²) in [6, 6.07) is 52.7. The number of hydrogen-bond acceptors (Lipinski definition) is 7. The molecular weight excluding hydrogens is 2060 g/mol. The lowest BCUT2D eigenvalue weighted by atomic mass is 10.1. The number of pyridine rings is 4. The molecule has 41 heteroatoms. The van der Waals surface area contributed by atoms with Gasteiger partial charge in [-0.2, -0.15) is 18.2 Å². The standard InChI is InChI=1S/C10H6.C9H8O.C9H8.C8H4F2.C8H5F.C8H5NO2.C8H6.C7H12.C5H3BrClF4NS.C5H2Cl3F4NS.C5H2ClF6NS.C5H3ClF5NS.C5H6/c1-3-9-5-7-10(4-2)8-6-9;1-3-8-4-6-9(10-2)7-5-8;1-2-6-9-7-4-3-5-8-9;1-2-6-3-7(9)5-8(10)4-6;1-2-7-4-3-5-8(9)6-7;1-2-7-3-5-8(6-4-7)9(10)11;1-2-8-6-4-3-5-7-8;1-3-5-7-6-4-2;6-4-1-2-5(12-3-4)13(7,8,9,10)11;6-4-2-1-3(5(7)13-4)14(8,9,10,11)12;6-14(9,10,11,12)3-1-2-4(7)13-5(3)8;6-13(8,9,10,11)4-2-1-3-12-5(4)7;1-2-5-3-4-5/h1-2,5-8H;1,4-7H,2H3;1,3-5,7-8H,6H2;1,3-5H;1,3-6H;1,3-6H;1,3-7H;1H,4-7H2,2H3;1-3H;2*1-2H;1-3H;1,5H,3-4H2. The number of aromatic nitrogens is 4. The molecule has 0 N–H and O–H groups in total. The van der Waals surface area contributed by atoms with Crippen molar-refractivity contribution < 1.29 is 98.2 Å². The summed E-state index contributed by atoms with van der Waals surface area (Å²) >= 11 is 13.2. The number of nitro groups is 1. The summed E-state index contributed by atoms with van der Waals surface area (Å²) in [5.74, 6) is 18.9. The van der Waals surface area contributed by atoms with Crippen LogP contribution in [0.1, 0.15) is 90.0 Å². The average molecular weight is 2130 g/mol. The monoisotopic (exact) mass is 2130 g/mol. The molecule has 11 aromatic rings. The first kappa shape index (κ1) is 121. The molecular formula is C92H70BrCl6F22N5O3S4. The van der Waals surface area contributed by atoms with E-state index in [9.17, 15) is 98.6 Å². The molecule has 0 amide bonds. The number of non-ortho nitro benzene ring substituents is 1. The fourth-order valence-electron chi connectivity index (χ4n) is 7.84. The SMILES string of the molecule is C#CC1CC1.C#CCCCCC.C#CCc1ccccc1.C#Cc1cc(F)cc(F)c1.C#Cc1ccc(C#C)cc1.C#Cc1ccc(OC)cc1.C#Cc1ccc([N+](=O)[O-])cc1.C#Cc1cccc(F)c1.C#Cc1ccccc1.FS(F)(F)(F)(Cl)c1ccc(Br)cn1.FS(F)(F)(F)(Cl)c1ccc(Cl)nc1Cl.Fc1ccc(S(F)(F)(F)(F)Cl)c(F)n1.Fc1ncccc1S(F)(F)(F)(F)Cl. The number of terminal acetylenes is 10. The summed E-state index contributed by atoms with van der Waals surface area (Å²) in [7, 11) is -18.2. The third kappa shape index (κ3) is 54.6. The molecule has 0 aliphatic heterocycles. The molecule has 1 fully saturated rings. The van der Waals surface area contributed by atoms with E-state index >= 15 is 0 Å². The molecule has 1 saturated carbocycles. The summed E-state index contributed by atoms with van der Waals surface area (Å²) in [4.78, 5) is 14.1. The number of nitro benzene ring substituents is 1. The molecule has 0 radical (unpaired) electrons. The summed E-state index contributed by atoms with van der Waals surface area (Å²) in [6.45, 7) is 2.18. The Morgan fingerprint density at radius 2 is 0.857 bits per heavy atom. The summed E-state index contributed by atoms with van der Waals surface area (Å²) in [6.07, 6.45) is 60.2. The molecule has 0 bridgehead atoms. The van der Waals surface area contributed by atoms with Crippen LogP contribution in [0.3, 0.4) is 0 Å². The Morgan fingerprint density at radius 1 is 0.436 bits per heavy atom. The molecule has 12 rings (SSSR count). The number of hydrogen-bond donors (Lipinski definition) is 0. The highest BCUT2D eigenvalue weighted by atomic mass is 79.9. The van der Waals surface area contributed by atoms with Gasteiger partial charge in [-0.05, 0) is 192 Å². The van der Waals surface area contributed by atoms with Gasteiger partial charge in [-0.15, -0.1) is 144 Å². The summed E-state index contributed by atoms with van der Waals surface area (Å²) < 4.78 is 278. The molecule has 133 heavy (non-hydrogen) atoms. The van der Waals surface area contributed by atoms with Gasteiger partial charge in [-0.25, -0.2) is 28.1 Å². The molecule has 4 aromatic heterocycles. The quantitative estimate of drug-likeness (QED) is 0.0335. The van der Waals surface area contributed by atoms with E-state index < -0.39 is 95.5 Å². The van der Waals surface area contributed by atoms with Crippen LogP contribution in [-0.2, 0) is 6.42 Å². The smallest absolute Gasteiger partial charge is 0.269 e. The van der Waals surface area contributed by atoms with E-state index in [-0.39, 0.29) is 40.4 Å². The van der Waals surface area contributed by atoms with Gasteiger partial charge in [0.1, 0.15) is 43.0 Å². The zero-order valence-corrected chi connectivity index (χ0v) is 77.8. The Morgan fingerprint density at radius 3 is 1.19 bits per heavy atom. The third-order valence-corrected chi connectivity index (χ3v) is 21.7. The van der Waals surface area contributed by atoms with E-state index in [2.05, 4.69) is 145 Å². The third-order valence-electron chi connectivity index (χ3n) is 14.2. The van der Waals surface area contributed by atoms with E-state index in [1.54, 1.807) is 19.2 Å². The number of rotatable bonds is 10. The van der Waals surface area contributed by atoms with Crippen molar-refractivity contribution in [1.82, 2.24) is 19.9 Å². The van der Waals surface area contributed by atoms with E-state index in [0.29, 0.717) is 33.7 Å². The largest absolute Gasteiger partial charge is 0.497 e. The van der Waals surface area contributed by atoms with Crippen molar-refractivity contribution in [2.75, 3.05) is 7.11 Å². The van der Waals surface area contributed by atoms with E-state index in [4.69, 9.17) is 92.2 Å². The number of methoxy groups -OCH3 is 1. The number of nitrogens with zero attached hydrogens (tertiary/aromatic N) is 5. The van der Waals surface area contributed by atoms with Crippen molar-refractivity contribution in [3.8, 4) is 129 Å². The maximum Gasteiger partial charge on any atom is 0.269 e. The van der Waals surface area contributed by atoms with Crippen molar-refractivity contribution >= 4 is 124 Å². The Hall–Kier alpha value is -12.0. The van der Waals surface area contributed by atoms with Crippen molar-refractivity contribution in [2.45, 2.75) is 71.6 Å². The molecule has 8 nitrogen and oxygen atoms in total. The number of halogens is 29. The van der Waals surface area contributed by atoms with Gasteiger partial charge in [0.15, 0.2) is 10.2 Å². The molecule has 7 aromatic carbocycles. The predicted molar refractivity (Wildman–Crippen MR) is 500 cm³/mol. The highest BCUT2D eigenvalue weighted by molar-refractivity contribution is 9.10. The fourth-order valence-corrected chi connectivity index (χ4v) is 13.0. The van der Waals surface area contributed by atoms with Crippen LogP contribution >= 0.6 is 118 Å². The number of ether oxygens (including phenoxy) is 1. The van der Waals surface area contributed by atoms with E-state index in [1.807, 2.05) is 109 Å². The van der Waals surface area contributed by atoms with Crippen LogP contribution in [-0.4, -0.2) is 32.0 Å². The van der Waals surface area contributed by atoms with E-state index in [1.165, 1.54) is 74.1 Å². The second-order valence-electron chi connectivity index (χ2n) is 25.0. The molecule has 708 valence electrons. The number of benzene rings is 7. The minimum atomic E-state index is -9.13. The maximum atomic E-state index is 12.6. The van der Waals surface area contributed by atoms with Crippen LogP contribution < -0.4 is 4.74 Å². The van der Waals surface area contributed by atoms with Crippen LogP contribution in [0.15, 0.2) is 261 Å². The van der Waals surface area contributed by atoms with Gasteiger partial charge in [0.25, 0.3) is 41.9 Å². The topological polar surface area (TPSA) is 104 Å². The minimum Gasteiger partial charge on any atom is -0.497 e. The first-order valence-electron chi connectivity index (χ1n) is 35.7. The molecule has 0 atom stereocenters. The first-order valence-corrected chi connectivity index (χ1v) is 48.8. The van der Waals surface area contributed by atoms with Crippen LogP contribution in [0.5, 0.6) is 5.75 Å². The highest BCUT2D eigenvalue weighted by Crippen LogP contribution is 3.06. The van der Waals surface area contributed by atoms with Gasteiger partial charge < -0.3 is 4.74 Å². The molecule has 1 aliphatic rings. The second-order valence-corrected chi connectivity index (χ2v) is 43.6. The Balaban J connectivity index is 0.00000143. The first-order chi connectivity index (χ1) is 61.0. The molecule has 0 unspecified atom stereocenters. The van der Waals surface area contributed by atoms with Gasteiger partial charge in [0.05, 0.1) is 12.0 Å². The molecule has 0 saturated heterocycles. The van der Waals surface area contributed by atoms with Crippen molar-refractivity contribution in [3.05, 3.63) is 342 Å². The molecule has 0 spiro atoms. The van der Waals surface area contributed by atoms with Gasteiger partial charge in [0, 0.05) is 135 Å². The van der Waals surface area contributed by atoms with Crippen LogP contribution in [0.2, 0.25) is 10.3 Å². The van der Waals surface area contributed by atoms with E-state index in [0.717, 1.165) is 89.6 Å². The summed E-state index contributed by atoms with van der Waals surface area (Å²) in [5.41, 5.74) is 6.25. The van der Waals surface area contributed by atoms with Crippen LogP contribution in [0.25, 0.3) is 0 Å². The number of unbranched alkanes of at least 4 members (excludes halogenated alkanes) is 3. The highest BCUT2D eigenvalue weighted by Gasteiger charge is 2.67. The van der Waals surface area contributed by atoms with Gasteiger partial charge in [0.2, 0.25) is 17.8 Å². The lowest BCUT2D eigenvalue weighted by Gasteiger charge is -2.42. The van der Waals surface area contributed by atoms with Crippen molar-refractivity contribution in [3.63, 3.8) is 0 Å². The van der Waals surface area contributed by atoms with Gasteiger partial charge in [-0.3, -0.25) is 10.1 Å². The Kier molecular flexibility index (Phi) is 45.7. The Bertz CT molecular complexity index is 6010. The zero-order valence-electron chi connectivity index (χ0n) is 68.4. The lowest BCUT2D eigenvalue weighted by Crippen LogP contribution is -2.09.